The standard InChI is InChI=1S/C13H17NO3/c1-3-8-14(10-13(15)16)9-11-4-6-12(17-2)7-5-11/h3-7H,1,8-10H2,2H3,(H,15,16). The molecule has 0 saturated carbocycles. The fourth-order valence-electron chi connectivity index (χ4n) is 1.55. The van der Waals surface area contributed by atoms with Gasteiger partial charge in [0.1, 0.15) is 5.75 Å². The average Bonchev–Trinajstić information content (AvgIpc) is 2.29. The maximum absolute atomic E-state index is 10.7. The molecule has 0 aromatic heterocycles. The van der Waals surface area contributed by atoms with Crippen molar-refractivity contribution < 1.29 is 14.6 Å². The van der Waals surface area contributed by atoms with Crippen molar-refractivity contribution in [2.45, 2.75) is 6.54 Å². The Kier molecular flexibility index (Phi) is 5.23. The van der Waals surface area contributed by atoms with Gasteiger partial charge >= 0.3 is 5.97 Å². The second kappa shape index (κ2) is 6.70. The predicted molar refractivity (Wildman–Crippen MR) is 66.1 cm³/mol. The van der Waals surface area contributed by atoms with Gasteiger partial charge in [-0.2, -0.15) is 0 Å². The number of benzene rings is 1. The molecular formula is C13H17NO3. The molecule has 0 fully saturated rings. The minimum absolute atomic E-state index is 0.0120. The van der Waals surface area contributed by atoms with Crippen LogP contribution in [0.2, 0.25) is 0 Å². The first-order valence-corrected chi connectivity index (χ1v) is 5.33. The highest BCUT2D eigenvalue weighted by Crippen LogP contribution is 2.12. The molecule has 1 aromatic carbocycles. The van der Waals surface area contributed by atoms with Gasteiger partial charge < -0.3 is 9.84 Å². The first-order valence-electron chi connectivity index (χ1n) is 5.33. The number of ether oxygens (including phenoxy) is 1. The Balaban J connectivity index is 2.64. The van der Waals surface area contributed by atoms with Crippen LogP contribution in [0, 0.1) is 0 Å². The van der Waals surface area contributed by atoms with Crippen molar-refractivity contribution in [1.82, 2.24) is 4.90 Å². The van der Waals surface area contributed by atoms with E-state index in [0.717, 1.165) is 11.3 Å². The van der Waals surface area contributed by atoms with E-state index in [2.05, 4.69) is 6.58 Å². The van der Waals surface area contributed by atoms with Crippen molar-refractivity contribution in [3.8, 4) is 5.75 Å². The molecule has 0 radical (unpaired) electrons. The Bertz CT molecular complexity index is 373. The van der Waals surface area contributed by atoms with E-state index in [0.29, 0.717) is 13.1 Å². The van der Waals surface area contributed by atoms with Gasteiger partial charge in [-0.25, -0.2) is 0 Å². The average molecular weight is 235 g/mol. The molecule has 17 heavy (non-hydrogen) atoms. The molecular weight excluding hydrogens is 218 g/mol. The monoisotopic (exact) mass is 235 g/mol. The molecule has 0 bridgehead atoms. The Labute approximate surface area is 101 Å². The fourth-order valence-corrected chi connectivity index (χ4v) is 1.55. The zero-order chi connectivity index (χ0) is 12.7. The summed E-state index contributed by atoms with van der Waals surface area (Å²) >= 11 is 0. The van der Waals surface area contributed by atoms with Gasteiger partial charge in [0.05, 0.1) is 13.7 Å². The van der Waals surface area contributed by atoms with Crippen LogP contribution < -0.4 is 4.74 Å². The van der Waals surface area contributed by atoms with Crippen LogP contribution in [0.3, 0.4) is 0 Å². The van der Waals surface area contributed by atoms with Crippen LogP contribution in [0.5, 0.6) is 5.75 Å². The van der Waals surface area contributed by atoms with Crippen molar-refractivity contribution in [2.24, 2.45) is 0 Å². The molecule has 4 nitrogen and oxygen atoms in total. The Morgan fingerprint density at radius 1 is 1.47 bits per heavy atom. The first-order chi connectivity index (χ1) is 8.15. The van der Waals surface area contributed by atoms with E-state index >= 15 is 0 Å². The lowest BCUT2D eigenvalue weighted by atomic mass is 10.2. The third-order valence-electron chi connectivity index (χ3n) is 2.31. The Morgan fingerprint density at radius 3 is 2.59 bits per heavy atom. The van der Waals surface area contributed by atoms with Crippen LogP contribution in [0.25, 0.3) is 0 Å². The minimum atomic E-state index is -0.833. The number of rotatable bonds is 7. The van der Waals surface area contributed by atoms with Crippen molar-refractivity contribution >= 4 is 5.97 Å². The summed E-state index contributed by atoms with van der Waals surface area (Å²) in [5.41, 5.74) is 1.05. The zero-order valence-electron chi connectivity index (χ0n) is 9.93. The van der Waals surface area contributed by atoms with Gasteiger partial charge in [0.2, 0.25) is 0 Å². The molecule has 0 heterocycles. The van der Waals surface area contributed by atoms with Crippen LogP contribution >= 0.6 is 0 Å². The molecule has 0 aliphatic carbocycles. The van der Waals surface area contributed by atoms with Crippen molar-refractivity contribution in [3.05, 3.63) is 42.5 Å². The quantitative estimate of drug-likeness (QED) is 0.732. The molecule has 1 N–H and O–H groups in total. The van der Waals surface area contributed by atoms with Gasteiger partial charge in [-0.1, -0.05) is 18.2 Å². The van der Waals surface area contributed by atoms with Gasteiger partial charge in [-0.3, -0.25) is 9.69 Å². The fraction of sp³-hybridized carbons (Fsp3) is 0.308. The normalized spacial score (nSPS) is 10.2. The molecule has 0 spiro atoms. The van der Waals surface area contributed by atoms with Gasteiger partial charge in [-0.15, -0.1) is 6.58 Å². The second-order valence-electron chi connectivity index (χ2n) is 3.70. The molecule has 0 aliphatic rings. The lowest BCUT2D eigenvalue weighted by Gasteiger charge is -2.18. The summed E-state index contributed by atoms with van der Waals surface area (Å²) in [5, 5.41) is 8.77. The summed E-state index contributed by atoms with van der Waals surface area (Å²) in [5.74, 6) is -0.0392. The number of hydrogen-bond acceptors (Lipinski definition) is 3. The molecule has 0 aliphatic heterocycles. The lowest BCUT2D eigenvalue weighted by molar-refractivity contribution is -0.138. The largest absolute Gasteiger partial charge is 0.497 e. The summed E-state index contributed by atoms with van der Waals surface area (Å²) in [7, 11) is 1.61. The van der Waals surface area contributed by atoms with E-state index in [1.807, 2.05) is 24.3 Å². The van der Waals surface area contributed by atoms with Gasteiger partial charge in [0, 0.05) is 13.1 Å². The topological polar surface area (TPSA) is 49.8 Å². The first kappa shape index (κ1) is 13.3. The summed E-state index contributed by atoms with van der Waals surface area (Å²) in [6, 6.07) is 7.58. The summed E-state index contributed by atoms with van der Waals surface area (Å²) in [6.45, 7) is 4.77. The Morgan fingerprint density at radius 2 is 2.12 bits per heavy atom. The van der Waals surface area contributed by atoms with Crippen molar-refractivity contribution in [3.63, 3.8) is 0 Å². The number of carboxylic acids is 1. The molecule has 4 heteroatoms. The third kappa shape index (κ3) is 4.70. The molecule has 0 amide bonds. The van der Waals surface area contributed by atoms with Crippen LogP contribution in [0.1, 0.15) is 5.56 Å². The summed E-state index contributed by atoms with van der Waals surface area (Å²) in [6.07, 6.45) is 1.70. The summed E-state index contributed by atoms with van der Waals surface area (Å²) in [4.78, 5) is 12.5. The van der Waals surface area contributed by atoms with E-state index in [1.165, 1.54) is 0 Å². The summed E-state index contributed by atoms with van der Waals surface area (Å²) < 4.78 is 5.06. The van der Waals surface area contributed by atoms with E-state index < -0.39 is 5.97 Å². The second-order valence-corrected chi connectivity index (χ2v) is 3.70. The molecule has 0 saturated heterocycles. The lowest BCUT2D eigenvalue weighted by Crippen LogP contribution is -2.29. The number of carboxylic acid groups (broad SMARTS) is 1. The van der Waals surface area contributed by atoms with Crippen molar-refractivity contribution in [1.29, 1.82) is 0 Å². The van der Waals surface area contributed by atoms with Gasteiger partial charge in [0.15, 0.2) is 0 Å². The number of methoxy groups -OCH3 is 1. The van der Waals surface area contributed by atoms with E-state index in [9.17, 15) is 4.79 Å². The smallest absolute Gasteiger partial charge is 0.317 e. The van der Waals surface area contributed by atoms with E-state index in [1.54, 1.807) is 18.1 Å². The maximum atomic E-state index is 10.7. The number of nitrogens with zero attached hydrogens (tertiary/aromatic N) is 1. The molecule has 92 valence electrons. The minimum Gasteiger partial charge on any atom is -0.497 e. The van der Waals surface area contributed by atoms with Crippen LogP contribution in [-0.2, 0) is 11.3 Å². The Hall–Kier alpha value is -1.81. The highest BCUT2D eigenvalue weighted by Gasteiger charge is 2.08. The van der Waals surface area contributed by atoms with Crippen LogP contribution in [0.4, 0.5) is 0 Å². The highest BCUT2D eigenvalue weighted by molar-refractivity contribution is 5.69. The van der Waals surface area contributed by atoms with Crippen LogP contribution in [-0.4, -0.2) is 36.2 Å². The zero-order valence-corrected chi connectivity index (χ0v) is 9.93. The van der Waals surface area contributed by atoms with E-state index in [-0.39, 0.29) is 6.54 Å². The highest BCUT2D eigenvalue weighted by atomic mass is 16.5. The molecule has 0 atom stereocenters. The number of carbonyl (C=O) groups is 1. The maximum Gasteiger partial charge on any atom is 0.317 e. The van der Waals surface area contributed by atoms with E-state index in [4.69, 9.17) is 9.84 Å². The number of hydrogen-bond donors (Lipinski definition) is 1. The van der Waals surface area contributed by atoms with Crippen LogP contribution in [0.15, 0.2) is 36.9 Å². The van der Waals surface area contributed by atoms with Crippen molar-refractivity contribution in [2.75, 3.05) is 20.2 Å². The predicted octanol–water partition coefficient (Wildman–Crippen LogP) is 1.77. The SMILES string of the molecule is C=CCN(CC(=O)O)Cc1ccc(OC)cc1. The molecule has 0 unspecified atom stereocenters. The molecule has 1 aromatic rings. The number of aliphatic carboxylic acids is 1. The van der Waals surface area contributed by atoms with Gasteiger partial charge in [-0.05, 0) is 17.7 Å². The van der Waals surface area contributed by atoms with Gasteiger partial charge in [0.25, 0.3) is 0 Å². The third-order valence-corrected chi connectivity index (χ3v) is 2.31. The molecule has 1 rings (SSSR count).